The number of aromatic nitrogens is 3. The first kappa shape index (κ1) is 12.5. The molecule has 0 saturated carbocycles. The number of morpholine rings is 1. The summed E-state index contributed by atoms with van der Waals surface area (Å²) < 4.78 is 7.56. The van der Waals surface area contributed by atoms with Crippen molar-refractivity contribution in [1.29, 1.82) is 0 Å². The van der Waals surface area contributed by atoms with Gasteiger partial charge < -0.3 is 10.1 Å². The van der Waals surface area contributed by atoms with Crippen molar-refractivity contribution in [3.63, 3.8) is 0 Å². The predicted octanol–water partition coefficient (Wildman–Crippen LogP) is 0.643. The maximum Gasteiger partial charge on any atom is 0.156 e. The lowest BCUT2D eigenvalue weighted by Gasteiger charge is -2.22. The van der Waals surface area contributed by atoms with Gasteiger partial charge in [0.25, 0.3) is 0 Å². The fourth-order valence-electron chi connectivity index (χ4n) is 1.87. The lowest BCUT2D eigenvalue weighted by atomic mass is 9.96. The van der Waals surface area contributed by atoms with Crippen molar-refractivity contribution in [1.82, 2.24) is 20.1 Å². The minimum absolute atomic E-state index is 0.00167. The molecule has 1 aromatic rings. The Bertz CT molecular complexity index is 374. The summed E-state index contributed by atoms with van der Waals surface area (Å²) >= 11 is 0. The van der Waals surface area contributed by atoms with Crippen LogP contribution in [0.4, 0.5) is 0 Å². The summed E-state index contributed by atoms with van der Waals surface area (Å²) in [4.78, 5) is 4.62. The second kappa shape index (κ2) is 4.74. The topological polar surface area (TPSA) is 52.0 Å². The van der Waals surface area contributed by atoms with E-state index in [9.17, 15) is 0 Å². The Labute approximate surface area is 103 Å². The van der Waals surface area contributed by atoms with Crippen molar-refractivity contribution in [3.8, 4) is 0 Å². The van der Waals surface area contributed by atoms with E-state index in [2.05, 4.69) is 36.2 Å². The smallest absolute Gasteiger partial charge is 0.156 e. The van der Waals surface area contributed by atoms with Crippen LogP contribution in [0, 0.1) is 0 Å². The van der Waals surface area contributed by atoms with Gasteiger partial charge in [0.2, 0.25) is 0 Å². The van der Waals surface area contributed by atoms with E-state index in [-0.39, 0.29) is 11.5 Å². The molecule has 1 aliphatic heterocycles. The Morgan fingerprint density at radius 1 is 1.47 bits per heavy atom. The molecule has 1 unspecified atom stereocenters. The fraction of sp³-hybridized carbons (Fsp3) is 0.833. The van der Waals surface area contributed by atoms with Crippen molar-refractivity contribution in [2.75, 3.05) is 19.7 Å². The minimum atomic E-state index is 0.00167. The first-order chi connectivity index (χ1) is 7.97. The molecule has 1 saturated heterocycles. The number of aryl methyl sites for hydroxylation is 1. The van der Waals surface area contributed by atoms with Crippen LogP contribution >= 0.6 is 0 Å². The first-order valence-electron chi connectivity index (χ1n) is 6.19. The highest BCUT2D eigenvalue weighted by atomic mass is 16.5. The SMILES string of the molecule is Cn1nc(C(C)(C)C)nc1CC1CNCCO1. The lowest BCUT2D eigenvalue weighted by molar-refractivity contribution is 0.0275. The maximum absolute atomic E-state index is 5.69. The largest absolute Gasteiger partial charge is 0.375 e. The molecular formula is C12H22N4O. The number of ether oxygens (including phenoxy) is 1. The van der Waals surface area contributed by atoms with E-state index in [1.807, 2.05) is 11.7 Å². The van der Waals surface area contributed by atoms with Gasteiger partial charge in [-0.15, -0.1) is 0 Å². The van der Waals surface area contributed by atoms with Gasteiger partial charge in [-0.25, -0.2) is 4.98 Å². The Hall–Kier alpha value is -0.940. The van der Waals surface area contributed by atoms with Crippen molar-refractivity contribution in [2.24, 2.45) is 7.05 Å². The summed E-state index contributed by atoms with van der Waals surface area (Å²) in [6.45, 7) is 9.02. The monoisotopic (exact) mass is 238 g/mol. The normalized spacial score (nSPS) is 21.8. The lowest BCUT2D eigenvalue weighted by Crippen LogP contribution is -2.40. The number of nitrogens with one attached hydrogen (secondary N) is 1. The van der Waals surface area contributed by atoms with Gasteiger partial charge in [-0.05, 0) is 0 Å². The molecule has 0 bridgehead atoms. The number of nitrogens with zero attached hydrogens (tertiary/aromatic N) is 3. The zero-order valence-electron chi connectivity index (χ0n) is 11.2. The van der Waals surface area contributed by atoms with Gasteiger partial charge >= 0.3 is 0 Å². The first-order valence-corrected chi connectivity index (χ1v) is 6.19. The van der Waals surface area contributed by atoms with Gasteiger partial charge in [-0.2, -0.15) is 5.10 Å². The number of hydrogen-bond acceptors (Lipinski definition) is 4. The van der Waals surface area contributed by atoms with E-state index in [0.717, 1.165) is 37.8 Å². The van der Waals surface area contributed by atoms with Crippen LogP contribution in [0.1, 0.15) is 32.4 Å². The molecule has 1 atom stereocenters. The molecule has 1 aromatic heterocycles. The summed E-state index contributed by atoms with van der Waals surface area (Å²) in [5.41, 5.74) is 0.00167. The number of hydrogen-bond donors (Lipinski definition) is 1. The standard InChI is InChI=1S/C12H22N4O/c1-12(2,3)11-14-10(16(4)15-11)7-9-8-13-5-6-17-9/h9,13H,5-8H2,1-4H3. The van der Waals surface area contributed by atoms with Crippen LogP contribution in [0.25, 0.3) is 0 Å². The molecule has 0 spiro atoms. The second-order valence-electron chi connectivity index (χ2n) is 5.63. The molecule has 1 aliphatic rings. The Balaban J connectivity index is 2.07. The molecule has 2 rings (SSSR count). The molecule has 5 heteroatoms. The summed E-state index contributed by atoms with van der Waals surface area (Å²) in [6, 6.07) is 0. The summed E-state index contributed by atoms with van der Waals surface area (Å²) in [6.07, 6.45) is 1.05. The van der Waals surface area contributed by atoms with Gasteiger partial charge in [-0.3, -0.25) is 4.68 Å². The van der Waals surface area contributed by atoms with Crippen LogP contribution in [0.5, 0.6) is 0 Å². The molecule has 2 heterocycles. The van der Waals surface area contributed by atoms with Crippen molar-refractivity contribution in [2.45, 2.75) is 38.7 Å². The van der Waals surface area contributed by atoms with Gasteiger partial charge in [-0.1, -0.05) is 20.8 Å². The Morgan fingerprint density at radius 3 is 2.76 bits per heavy atom. The van der Waals surface area contributed by atoms with Gasteiger partial charge in [0.1, 0.15) is 5.82 Å². The predicted molar refractivity (Wildman–Crippen MR) is 66.0 cm³/mol. The summed E-state index contributed by atoms with van der Waals surface area (Å²) in [7, 11) is 1.95. The zero-order valence-corrected chi connectivity index (χ0v) is 11.2. The average Bonchev–Trinajstić information content (AvgIpc) is 2.62. The average molecular weight is 238 g/mol. The molecule has 1 N–H and O–H groups in total. The maximum atomic E-state index is 5.69. The Kier molecular flexibility index (Phi) is 3.49. The van der Waals surface area contributed by atoms with Crippen LogP contribution < -0.4 is 5.32 Å². The third-order valence-corrected chi connectivity index (χ3v) is 2.94. The van der Waals surface area contributed by atoms with Crippen LogP contribution in [0.15, 0.2) is 0 Å². The van der Waals surface area contributed by atoms with Crippen molar-refractivity contribution >= 4 is 0 Å². The molecule has 96 valence electrons. The molecule has 1 fully saturated rings. The quantitative estimate of drug-likeness (QED) is 0.821. The third kappa shape index (κ3) is 3.04. The van der Waals surface area contributed by atoms with Gasteiger partial charge in [0.15, 0.2) is 5.82 Å². The minimum Gasteiger partial charge on any atom is -0.375 e. The van der Waals surface area contributed by atoms with E-state index in [1.54, 1.807) is 0 Å². The summed E-state index contributed by atoms with van der Waals surface area (Å²) in [5, 5.41) is 7.81. The van der Waals surface area contributed by atoms with Gasteiger partial charge in [0, 0.05) is 32.0 Å². The molecular weight excluding hydrogens is 216 g/mol. The highest BCUT2D eigenvalue weighted by Gasteiger charge is 2.23. The van der Waals surface area contributed by atoms with Crippen molar-refractivity contribution < 1.29 is 4.74 Å². The van der Waals surface area contributed by atoms with Crippen molar-refractivity contribution in [3.05, 3.63) is 11.6 Å². The molecule has 0 amide bonds. The second-order valence-corrected chi connectivity index (χ2v) is 5.63. The van der Waals surface area contributed by atoms with E-state index in [1.165, 1.54) is 0 Å². The summed E-state index contributed by atoms with van der Waals surface area (Å²) in [5.74, 6) is 1.90. The van der Waals surface area contributed by atoms with Crippen LogP contribution in [0.3, 0.4) is 0 Å². The van der Waals surface area contributed by atoms with Gasteiger partial charge in [0.05, 0.1) is 12.7 Å². The van der Waals surface area contributed by atoms with Crippen LogP contribution in [-0.4, -0.2) is 40.6 Å². The fourth-order valence-corrected chi connectivity index (χ4v) is 1.87. The molecule has 0 aromatic carbocycles. The molecule has 0 aliphatic carbocycles. The van der Waals surface area contributed by atoms with Crippen LogP contribution in [0.2, 0.25) is 0 Å². The van der Waals surface area contributed by atoms with Crippen LogP contribution in [-0.2, 0) is 23.6 Å². The third-order valence-electron chi connectivity index (χ3n) is 2.94. The zero-order chi connectivity index (χ0) is 12.5. The van der Waals surface area contributed by atoms with E-state index < -0.39 is 0 Å². The molecule has 5 nitrogen and oxygen atoms in total. The van der Waals surface area contributed by atoms with E-state index in [4.69, 9.17) is 4.74 Å². The van der Waals surface area contributed by atoms with E-state index >= 15 is 0 Å². The van der Waals surface area contributed by atoms with E-state index in [0.29, 0.717) is 0 Å². The molecule has 0 radical (unpaired) electrons. The highest BCUT2D eigenvalue weighted by Crippen LogP contribution is 2.19. The Morgan fingerprint density at radius 2 is 2.24 bits per heavy atom. The number of rotatable bonds is 2. The molecule has 17 heavy (non-hydrogen) atoms. The highest BCUT2D eigenvalue weighted by molar-refractivity contribution is 5.04.